The molecule has 0 aromatic rings. The van der Waals surface area contributed by atoms with Crippen molar-refractivity contribution in [2.45, 2.75) is 118 Å². The predicted molar refractivity (Wildman–Crippen MR) is 120 cm³/mol. The Kier molecular flexibility index (Phi) is 14.2. The van der Waals surface area contributed by atoms with Crippen molar-refractivity contribution in [3.8, 4) is 0 Å². The molecule has 0 radical (unpaired) electrons. The van der Waals surface area contributed by atoms with E-state index in [9.17, 15) is 14.7 Å². The van der Waals surface area contributed by atoms with E-state index in [1.54, 1.807) is 6.92 Å². The fourth-order valence-electron chi connectivity index (χ4n) is 4.04. The molecule has 28 heavy (non-hydrogen) atoms. The number of carboxylic acids is 1. The predicted octanol–water partition coefficient (Wildman–Crippen LogP) is 7.59. The molecule has 0 aliphatic carbocycles. The van der Waals surface area contributed by atoms with Gasteiger partial charge in [-0.2, -0.15) is 0 Å². The first-order chi connectivity index (χ1) is 13.2. The number of carbonyl (C=O) groups excluding carboxylic acids is 1. The molecule has 3 nitrogen and oxygen atoms in total. The van der Waals surface area contributed by atoms with E-state index in [0.717, 1.165) is 25.2 Å². The zero-order valence-electron chi connectivity index (χ0n) is 19.3. The van der Waals surface area contributed by atoms with E-state index in [0.29, 0.717) is 12.0 Å². The minimum Gasteiger partial charge on any atom is -0.480 e. The molecule has 3 heteroatoms. The summed E-state index contributed by atoms with van der Waals surface area (Å²) < 4.78 is 0. The van der Waals surface area contributed by atoms with Crippen LogP contribution in [-0.4, -0.2) is 16.9 Å². The summed E-state index contributed by atoms with van der Waals surface area (Å²) in [6.07, 6.45) is 15.3. The summed E-state index contributed by atoms with van der Waals surface area (Å²) >= 11 is 0. The molecular formula is C25H46O3. The van der Waals surface area contributed by atoms with Gasteiger partial charge in [0, 0.05) is 0 Å². The number of Topliss-reactive ketones (excluding diaryl/α,β-unsaturated/α-hetero) is 1. The highest BCUT2D eigenvalue weighted by molar-refractivity contribution is 6.11. The summed E-state index contributed by atoms with van der Waals surface area (Å²) in [7, 11) is 0. The molecule has 0 rings (SSSR count). The number of carboxylic acid groups (broad SMARTS) is 1. The van der Waals surface area contributed by atoms with E-state index in [4.69, 9.17) is 0 Å². The van der Waals surface area contributed by atoms with Crippen molar-refractivity contribution in [3.63, 3.8) is 0 Å². The van der Waals surface area contributed by atoms with E-state index in [1.165, 1.54) is 57.8 Å². The fourth-order valence-corrected chi connectivity index (χ4v) is 4.04. The fraction of sp³-hybridized carbons (Fsp3) is 0.840. The quantitative estimate of drug-likeness (QED) is 0.148. The molecule has 1 unspecified atom stereocenters. The summed E-state index contributed by atoms with van der Waals surface area (Å²) in [5, 5.41) is 9.76. The Hall–Kier alpha value is -1.12. The Morgan fingerprint density at radius 1 is 0.786 bits per heavy atom. The van der Waals surface area contributed by atoms with Crippen LogP contribution in [0.4, 0.5) is 0 Å². The molecule has 0 aromatic heterocycles. The van der Waals surface area contributed by atoms with Gasteiger partial charge in [0.15, 0.2) is 5.78 Å². The first-order valence-electron chi connectivity index (χ1n) is 11.6. The summed E-state index contributed by atoms with van der Waals surface area (Å²) in [6, 6.07) is 0. The molecule has 0 saturated heterocycles. The van der Waals surface area contributed by atoms with Crippen LogP contribution in [0, 0.1) is 17.3 Å². The first-order valence-corrected chi connectivity index (χ1v) is 11.6. The molecular weight excluding hydrogens is 348 g/mol. The van der Waals surface area contributed by atoms with Gasteiger partial charge in [-0.15, -0.1) is 0 Å². The van der Waals surface area contributed by atoms with E-state index >= 15 is 0 Å². The van der Waals surface area contributed by atoms with Gasteiger partial charge >= 0.3 is 5.97 Å². The van der Waals surface area contributed by atoms with Gasteiger partial charge in [0.05, 0.1) is 0 Å². The molecule has 0 amide bonds. The topological polar surface area (TPSA) is 54.4 Å². The highest BCUT2D eigenvalue weighted by Crippen LogP contribution is 2.37. The second kappa shape index (κ2) is 14.8. The Labute approximate surface area is 174 Å². The summed E-state index contributed by atoms with van der Waals surface area (Å²) in [5.41, 5.74) is -0.957. The number of hydrogen-bond donors (Lipinski definition) is 1. The summed E-state index contributed by atoms with van der Waals surface area (Å²) in [5.74, 6) is -0.692. The number of carbonyl (C=O) groups is 2. The maximum atomic E-state index is 12.5. The van der Waals surface area contributed by atoms with Gasteiger partial charge in [-0.25, -0.2) is 0 Å². The van der Waals surface area contributed by atoms with Gasteiger partial charge in [-0.05, 0) is 30.8 Å². The second-order valence-corrected chi connectivity index (χ2v) is 9.36. The average Bonchev–Trinajstić information content (AvgIpc) is 2.60. The van der Waals surface area contributed by atoms with E-state index in [1.807, 2.05) is 13.8 Å². The van der Waals surface area contributed by atoms with Crippen LogP contribution in [0.1, 0.15) is 118 Å². The van der Waals surface area contributed by atoms with Crippen LogP contribution in [0.3, 0.4) is 0 Å². The van der Waals surface area contributed by atoms with Gasteiger partial charge in [-0.1, -0.05) is 111 Å². The molecule has 0 aliphatic heterocycles. The third-order valence-electron chi connectivity index (χ3n) is 6.01. The van der Waals surface area contributed by atoms with E-state index in [2.05, 4.69) is 20.4 Å². The molecule has 0 spiro atoms. The molecule has 0 aromatic carbocycles. The Bertz CT molecular complexity index is 464. The molecule has 0 aliphatic rings. The van der Waals surface area contributed by atoms with Gasteiger partial charge in [-0.3, -0.25) is 9.59 Å². The van der Waals surface area contributed by atoms with Gasteiger partial charge < -0.3 is 5.11 Å². The lowest BCUT2D eigenvalue weighted by Crippen LogP contribution is -2.44. The first kappa shape index (κ1) is 26.9. The van der Waals surface area contributed by atoms with Crippen LogP contribution >= 0.6 is 0 Å². The molecule has 0 fully saturated rings. The lowest BCUT2D eigenvalue weighted by Gasteiger charge is -2.32. The lowest BCUT2D eigenvalue weighted by molar-refractivity contribution is -0.157. The zero-order valence-corrected chi connectivity index (χ0v) is 19.3. The van der Waals surface area contributed by atoms with Crippen molar-refractivity contribution < 1.29 is 14.7 Å². The highest BCUT2D eigenvalue weighted by Gasteiger charge is 2.47. The molecule has 0 bridgehead atoms. The Morgan fingerprint density at radius 2 is 1.18 bits per heavy atom. The maximum Gasteiger partial charge on any atom is 0.317 e. The minimum atomic E-state index is -1.30. The number of ketones is 1. The number of unbranched alkanes of at least 4 members (excludes halogenated alkanes) is 10. The van der Waals surface area contributed by atoms with Crippen molar-refractivity contribution in [1.82, 2.24) is 0 Å². The monoisotopic (exact) mass is 394 g/mol. The van der Waals surface area contributed by atoms with Crippen LogP contribution in [0.5, 0.6) is 0 Å². The second-order valence-electron chi connectivity index (χ2n) is 9.36. The van der Waals surface area contributed by atoms with Gasteiger partial charge in [0.25, 0.3) is 0 Å². The van der Waals surface area contributed by atoms with Crippen molar-refractivity contribution in [3.05, 3.63) is 12.2 Å². The van der Waals surface area contributed by atoms with E-state index < -0.39 is 11.4 Å². The number of allylic oxidation sites excluding steroid dienone is 1. The third-order valence-corrected chi connectivity index (χ3v) is 6.01. The number of hydrogen-bond acceptors (Lipinski definition) is 2. The van der Waals surface area contributed by atoms with Crippen LogP contribution in [0.2, 0.25) is 0 Å². The molecule has 164 valence electrons. The van der Waals surface area contributed by atoms with Gasteiger partial charge in [0.2, 0.25) is 0 Å². The average molecular weight is 395 g/mol. The summed E-state index contributed by atoms with van der Waals surface area (Å²) in [6.45, 7) is 13.6. The molecule has 1 N–H and O–H groups in total. The van der Waals surface area contributed by atoms with Gasteiger partial charge in [0.1, 0.15) is 5.41 Å². The smallest absolute Gasteiger partial charge is 0.317 e. The van der Waals surface area contributed by atoms with Crippen LogP contribution in [0.15, 0.2) is 12.2 Å². The highest BCUT2D eigenvalue weighted by atomic mass is 16.4. The largest absolute Gasteiger partial charge is 0.480 e. The number of rotatable bonds is 18. The normalized spacial score (nSPS) is 13.7. The van der Waals surface area contributed by atoms with Crippen LogP contribution in [-0.2, 0) is 9.59 Å². The molecule has 1 atom stereocenters. The SMILES string of the molecule is C=C(C)C(=O)C(CCCCCCCCCCCCCC(C)C)(C(=O)O)C(C)C. The molecule has 0 heterocycles. The third kappa shape index (κ3) is 9.89. The Morgan fingerprint density at radius 3 is 1.50 bits per heavy atom. The lowest BCUT2D eigenvalue weighted by atomic mass is 9.68. The summed E-state index contributed by atoms with van der Waals surface area (Å²) in [4.78, 5) is 24.4. The minimum absolute atomic E-state index is 0.227. The molecule has 0 saturated carbocycles. The van der Waals surface area contributed by atoms with E-state index in [-0.39, 0.29) is 11.7 Å². The van der Waals surface area contributed by atoms with Crippen molar-refractivity contribution >= 4 is 11.8 Å². The number of aliphatic carboxylic acids is 1. The van der Waals surface area contributed by atoms with Crippen LogP contribution < -0.4 is 0 Å². The van der Waals surface area contributed by atoms with Crippen LogP contribution in [0.25, 0.3) is 0 Å². The van der Waals surface area contributed by atoms with Crippen molar-refractivity contribution in [2.75, 3.05) is 0 Å². The Balaban J connectivity index is 3.94. The standard InChI is InChI=1S/C25H46O3/c1-20(2)18-16-14-12-10-8-7-9-11-13-15-17-19-25(22(5)6,24(27)28)23(26)21(3)4/h20,22H,3,7-19H2,1-2,4-6H3,(H,27,28). The maximum absolute atomic E-state index is 12.5. The van der Waals surface area contributed by atoms with Crippen molar-refractivity contribution in [2.24, 2.45) is 17.3 Å². The zero-order chi connectivity index (χ0) is 21.6. The van der Waals surface area contributed by atoms with Crippen molar-refractivity contribution in [1.29, 1.82) is 0 Å².